The maximum Gasteiger partial charge on any atom is 0.188 e. The van der Waals surface area contributed by atoms with Crippen molar-refractivity contribution in [2.45, 2.75) is 60.3 Å². The van der Waals surface area contributed by atoms with E-state index in [2.05, 4.69) is 32.9 Å². The van der Waals surface area contributed by atoms with Crippen molar-refractivity contribution < 1.29 is 9.53 Å². The van der Waals surface area contributed by atoms with Gasteiger partial charge in [0.2, 0.25) is 0 Å². The van der Waals surface area contributed by atoms with Crippen LogP contribution in [0.5, 0.6) is 0 Å². The first-order valence-electron chi connectivity index (χ1n) is 8.18. The first kappa shape index (κ1) is 17.9. The number of aryl methyl sites for hydroxylation is 3. The van der Waals surface area contributed by atoms with Crippen LogP contribution in [0, 0.1) is 26.7 Å². The summed E-state index contributed by atoms with van der Waals surface area (Å²) < 4.78 is 5.69. The number of Topliss-reactive ketones (excluding diaryl/α,β-unsaturated/α-hetero) is 1. The highest BCUT2D eigenvalue weighted by molar-refractivity contribution is 5.99. The van der Waals surface area contributed by atoms with E-state index in [0.717, 1.165) is 23.1 Å². The van der Waals surface area contributed by atoms with Crippen molar-refractivity contribution in [2.24, 2.45) is 5.92 Å². The smallest absolute Gasteiger partial charge is 0.188 e. The lowest BCUT2D eigenvalue weighted by atomic mass is 9.97. The standard InChI is InChI=1S/C19H30O2/c1-6-8-9-17(7-2)12-21-13-18(20)19-15(4)10-14(3)11-16(19)5/h10-11,17H,6-9,12-13H2,1-5H3. The Morgan fingerprint density at radius 3 is 2.29 bits per heavy atom. The lowest BCUT2D eigenvalue weighted by molar-refractivity contribution is 0.0657. The largest absolute Gasteiger partial charge is 0.373 e. The van der Waals surface area contributed by atoms with E-state index < -0.39 is 0 Å². The van der Waals surface area contributed by atoms with Crippen LogP contribution in [-0.2, 0) is 4.74 Å². The minimum absolute atomic E-state index is 0.107. The van der Waals surface area contributed by atoms with Crippen molar-refractivity contribution in [3.8, 4) is 0 Å². The molecule has 1 rings (SSSR count). The van der Waals surface area contributed by atoms with E-state index in [9.17, 15) is 4.79 Å². The van der Waals surface area contributed by atoms with Gasteiger partial charge >= 0.3 is 0 Å². The van der Waals surface area contributed by atoms with Gasteiger partial charge in [-0.15, -0.1) is 0 Å². The Hall–Kier alpha value is -1.15. The molecule has 0 aromatic heterocycles. The highest BCUT2D eigenvalue weighted by atomic mass is 16.5. The Morgan fingerprint density at radius 1 is 1.14 bits per heavy atom. The average Bonchev–Trinajstić information content (AvgIpc) is 2.41. The fraction of sp³-hybridized carbons (Fsp3) is 0.632. The zero-order valence-electron chi connectivity index (χ0n) is 14.3. The molecule has 118 valence electrons. The summed E-state index contributed by atoms with van der Waals surface area (Å²) in [6.07, 6.45) is 4.78. The molecule has 0 saturated heterocycles. The Kier molecular flexibility index (Phi) is 7.66. The van der Waals surface area contributed by atoms with Crippen molar-refractivity contribution in [2.75, 3.05) is 13.2 Å². The summed E-state index contributed by atoms with van der Waals surface area (Å²) in [6.45, 7) is 11.4. The summed E-state index contributed by atoms with van der Waals surface area (Å²) in [5.41, 5.74) is 4.15. The highest BCUT2D eigenvalue weighted by Crippen LogP contribution is 2.18. The van der Waals surface area contributed by atoms with Gasteiger partial charge in [0.15, 0.2) is 5.78 Å². The predicted octanol–water partition coefficient (Wildman–Crippen LogP) is 5.03. The van der Waals surface area contributed by atoms with Gasteiger partial charge < -0.3 is 4.74 Å². The Balaban J connectivity index is 2.54. The van der Waals surface area contributed by atoms with Crippen LogP contribution in [0.25, 0.3) is 0 Å². The highest BCUT2D eigenvalue weighted by Gasteiger charge is 2.14. The quantitative estimate of drug-likeness (QED) is 0.596. The molecule has 0 radical (unpaired) electrons. The number of hydrogen-bond donors (Lipinski definition) is 0. The first-order chi connectivity index (χ1) is 9.99. The Bertz CT molecular complexity index is 440. The van der Waals surface area contributed by atoms with Gasteiger partial charge in [0.1, 0.15) is 6.61 Å². The van der Waals surface area contributed by atoms with Gasteiger partial charge in [0.25, 0.3) is 0 Å². The normalized spacial score (nSPS) is 12.4. The van der Waals surface area contributed by atoms with Gasteiger partial charge in [-0.05, 0) is 44.2 Å². The molecule has 0 amide bonds. The average molecular weight is 290 g/mol. The van der Waals surface area contributed by atoms with Crippen LogP contribution in [0.1, 0.15) is 66.6 Å². The Morgan fingerprint density at radius 2 is 1.76 bits per heavy atom. The van der Waals surface area contributed by atoms with Gasteiger partial charge in [-0.25, -0.2) is 0 Å². The molecule has 0 saturated carbocycles. The monoisotopic (exact) mass is 290 g/mol. The molecule has 2 nitrogen and oxygen atoms in total. The van der Waals surface area contributed by atoms with Crippen molar-refractivity contribution in [3.05, 3.63) is 34.4 Å². The second-order valence-corrected chi connectivity index (χ2v) is 6.13. The number of carbonyl (C=O) groups excluding carboxylic acids is 1. The van der Waals surface area contributed by atoms with E-state index >= 15 is 0 Å². The van der Waals surface area contributed by atoms with Gasteiger partial charge in [-0.1, -0.05) is 50.8 Å². The maximum absolute atomic E-state index is 12.4. The van der Waals surface area contributed by atoms with Crippen LogP contribution >= 0.6 is 0 Å². The fourth-order valence-corrected chi connectivity index (χ4v) is 2.91. The number of ether oxygens (including phenoxy) is 1. The molecule has 0 bridgehead atoms. The molecule has 1 aromatic rings. The maximum atomic E-state index is 12.4. The molecule has 1 unspecified atom stereocenters. The summed E-state index contributed by atoms with van der Waals surface area (Å²) >= 11 is 0. The number of ketones is 1. The van der Waals surface area contributed by atoms with Gasteiger partial charge in [-0.2, -0.15) is 0 Å². The molecular formula is C19H30O2. The molecule has 0 aliphatic rings. The predicted molar refractivity (Wildman–Crippen MR) is 89.1 cm³/mol. The zero-order valence-corrected chi connectivity index (χ0v) is 14.3. The number of benzene rings is 1. The number of hydrogen-bond acceptors (Lipinski definition) is 2. The van der Waals surface area contributed by atoms with E-state index in [1.54, 1.807) is 0 Å². The third-order valence-corrected chi connectivity index (χ3v) is 4.09. The molecule has 1 aromatic carbocycles. The van der Waals surface area contributed by atoms with Crippen molar-refractivity contribution in [3.63, 3.8) is 0 Å². The third kappa shape index (κ3) is 5.62. The van der Waals surface area contributed by atoms with Crippen LogP contribution in [0.4, 0.5) is 0 Å². The summed E-state index contributed by atoms with van der Waals surface area (Å²) in [5.74, 6) is 0.688. The van der Waals surface area contributed by atoms with Gasteiger partial charge in [0, 0.05) is 12.2 Å². The molecule has 0 aliphatic heterocycles. The lowest BCUT2D eigenvalue weighted by Gasteiger charge is -2.15. The summed E-state index contributed by atoms with van der Waals surface area (Å²) in [6, 6.07) is 4.13. The van der Waals surface area contributed by atoms with E-state index in [1.807, 2.05) is 13.8 Å². The van der Waals surface area contributed by atoms with Crippen LogP contribution in [0.3, 0.4) is 0 Å². The third-order valence-electron chi connectivity index (χ3n) is 4.09. The molecule has 0 heterocycles. The first-order valence-corrected chi connectivity index (χ1v) is 8.18. The molecule has 0 spiro atoms. The second kappa shape index (κ2) is 8.99. The SMILES string of the molecule is CCCCC(CC)COCC(=O)c1c(C)cc(C)cc1C. The van der Waals surface area contributed by atoms with Crippen molar-refractivity contribution in [1.82, 2.24) is 0 Å². The van der Waals surface area contributed by atoms with Crippen LogP contribution in [-0.4, -0.2) is 19.0 Å². The Labute approximate surface area is 129 Å². The molecule has 0 fully saturated rings. The molecule has 1 atom stereocenters. The summed E-state index contributed by atoms with van der Waals surface area (Å²) in [7, 11) is 0. The summed E-state index contributed by atoms with van der Waals surface area (Å²) in [5, 5.41) is 0. The van der Waals surface area contributed by atoms with Gasteiger partial charge in [0.05, 0.1) is 0 Å². The summed E-state index contributed by atoms with van der Waals surface area (Å²) in [4.78, 5) is 12.4. The van der Waals surface area contributed by atoms with E-state index in [0.29, 0.717) is 12.5 Å². The van der Waals surface area contributed by atoms with Crippen LogP contribution in [0.2, 0.25) is 0 Å². The molecule has 0 aliphatic carbocycles. The zero-order chi connectivity index (χ0) is 15.8. The van der Waals surface area contributed by atoms with Gasteiger partial charge in [-0.3, -0.25) is 4.79 Å². The minimum Gasteiger partial charge on any atom is -0.373 e. The molecule has 0 N–H and O–H groups in total. The van der Waals surface area contributed by atoms with E-state index in [1.165, 1.54) is 24.8 Å². The second-order valence-electron chi connectivity index (χ2n) is 6.13. The molecule has 21 heavy (non-hydrogen) atoms. The van der Waals surface area contributed by atoms with Crippen molar-refractivity contribution in [1.29, 1.82) is 0 Å². The number of carbonyl (C=O) groups is 1. The van der Waals surface area contributed by atoms with Crippen LogP contribution in [0.15, 0.2) is 12.1 Å². The van der Waals surface area contributed by atoms with Crippen LogP contribution < -0.4 is 0 Å². The molecular weight excluding hydrogens is 260 g/mol. The lowest BCUT2D eigenvalue weighted by Crippen LogP contribution is -2.16. The topological polar surface area (TPSA) is 26.3 Å². The fourth-order valence-electron chi connectivity index (χ4n) is 2.91. The number of unbranched alkanes of at least 4 members (excludes halogenated alkanes) is 1. The van der Waals surface area contributed by atoms with E-state index in [-0.39, 0.29) is 12.4 Å². The molecule has 2 heteroatoms. The van der Waals surface area contributed by atoms with Crippen molar-refractivity contribution >= 4 is 5.78 Å². The number of rotatable bonds is 9. The van der Waals surface area contributed by atoms with E-state index in [4.69, 9.17) is 4.74 Å². The minimum atomic E-state index is 0.107.